The summed E-state index contributed by atoms with van der Waals surface area (Å²) in [6.07, 6.45) is 1.48. The highest BCUT2D eigenvalue weighted by Gasteiger charge is 2.03. The highest BCUT2D eigenvalue weighted by atomic mass is 16.3. The Kier molecular flexibility index (Phi) is 3.85. The quantitative estimate of drug-likeness (QED) is 0.509. The number of hydrogen-bond donors (Lipinski definition) is 3. The number of nitrogens with one attached hydrogen (secondary N) is 1. The predicted molar refractivity (Wildman–Crippen MR) is 92.2 cm³/mol. The molecule has 5 nitrogen and oxygen atoms in total. The average Bonchev–Trinajstić information content (AvgIpc) is 2.50. The molecule has 23 heavy (non-hydrogen) atoms. The van der Waals surface area contributed by atoms with Crippen molar-refractivity contribution in [3.8, 4) is 11.5 Å². The zero-order valence-corrected chi connectivity index (χ0v) is 12.9. The minimum atomic E-state index is -0.0336. The third kappa shape index (κ3) is 3.23. The second kappa shape index (κ2) is 5.96. The maximum Gasteiger partial charge on any atom is 0.147 e. The van der Waals surface area contributed by atoms with Gasteiger partial charge in [0.25, 0.3) is 0 Å². The number of pyridine rings is 1. The number of fused-ring (bicyclic) bond motifs is 1. The Hall–Kier alpha value is -3.08. The van der Waals surface area contributed by atoms with Crippen molar-refractivity contribution >= 4 is 22.9 Å². The molecule has 3 rings (SSSR count). The molecule has 116 valence electrons. The van der Waals surface area contributed by atoms with E-state index in [0.717, 1.165) is 16.5 Å². The molecule has 1 heterocycles. The highest BCUT2D eigenvalue weighted by Crippen LogP contribution is 2.22. The molecule has 0 aliphatic heterocycles. The minimum absolute atomic E-state index is 0.00900. The van der Waals surface area contributed by atoms with Crippen molar-refractivity contribution in [2.75, 3.05) is 5.43 Å². The number of rotatable bonds is 3. The second-order valence-corrected chi connectivity index (χ2v) is 5.46. The van der Waals surface area contributed by atoms with E-state index in [0.29, 0.717) is 11.4 Å². The largest absolute Gasteiger partial charge is 0.508 e. The molecule has 2 aromatic carbocycles. The van der Waals surface area contributed by atoms with Crippen molar-refractivity contribution in [3.63, 3.8) is 0 Å². The van der Waals surface area contributed by atoms with Gasteiger partial charge in [0.15, 0.2) is 0 Å². The van der Waals surface area contributed by atoms with Crippen molar-refractivity contribution in [3.05, 3.63) is 59.2 Å². The van der Waals surface area contributed by atoms with Crippen molar-refractivity contribution in [2.45, 2.75) is 13.8 Å². The Morgan fingerprint density at radius 1 is 1.04 bits per heavy atom. The molecular weight excluding hydrogens is 290 g/mol. The molecule has 0 saturated carbocycles. The molecule has 3 aromatic rings. The van der Waals surface area contributed by atoms with Gasteiger partial charge in [0.2, 0.25) is 0 Å². The van der Waals surface area contributed by atoms with Crippen LogP contribution < -0.4 is 5.43 Å². The first-order valence-electron chi connectivity index (χ1n) is 7.22. The van der Waals surface area contributed by atoms with Crippen LogP contribution in [0.3, 0.4) is 0 Å². The van der Waals surface area contributed by atoms with Crippen LogP contribution in [-0.2, 0) is 0 Å². The van der Waals surface area contributed by atoms with Crippen LogP contribution in [0.15, 0.2) is 47.6 Å². The summed E-state index contributed by atoms with van der Waals surface area (Å²) in [5.41, 5.74) is 6.59. The van der Waals surface area contributed by atoms with Crippen LogP contribution in [0, 0.1) is 13.8 Å². The maximum absolute atomic E-state index is 9.71. The number of hydrogen-bond acceptors (Lipinski definition) is 5. The summed E-state index contributed by atoms with van der Waals surface area (Å²) in [7, 11) is 0. The van der Waals surface area contributed by atoms with Crippen LogP contribution in [0.2, 0.25) is 0 Å². The summed E-state index contributed by atoms with van der Waals surface area (Å²) in [4.78, 5) is 4.52. The lowest BCUT2D eigenvalue weighted by atomic mass is 10.1. The summed E-state index contributed by atoms with van der Waals surface area (Å²) in [5, 5.41) is 24.2. The fourth-order valence-electron chi connectivity index (χ4n) is 2.37. The lowest BCUT2D eigenvalue weighted by Gasteiger charge is -2.06. The van der Waals surface area contributed by atoms with E-state index in [9.17, 15) is 10.2 Å². The standard InChI is InChI=1S/C18H17N3O2/c1-11-3-6-16-15(7-11)12(2)8-18(20-16)21-19-10-13-4-5-14(22)9-17(13)23/h3-10,22-23H,1-2H3,(H,20,21). The van der Waals surface area contributed by atoms with Crippen LogP contribution in [0.5, 0.6) is 11.5 Å². The fraction of sp³-hybridized carbons (Fsp3) is 0.111. The Labute approximate surface area is 133 Å². The molecular formula is C18H17N3O2. The molecule has 0 atom stereocenters. The first-order chi connectivity index (χ1) is 11.0. The first-order valence-corrected chi connectivity index (χ1v) is 7.22. The summed E-state index contributed by atoms with van der Waals surface area (Å²) in [6, 6.07) is 12.4. The number of aromatic hydroxyl groups is 2. The van der Waals surface area contributed by atoms with E-state index >= 15 is 0 Å². The number of hydrazone groups is 1. The fourth-order valence-corrected chi connectivity index (χ4v) is 2.37. The van der Waals surface area contributed by atoms with Crippen LogP contribution in [0.4, 0.5) is 5.82 Å². The normalized spacial score (nSPS) is 11.2. The summed E-state index contributed by atoms with van der Waals surface area (Å²) < 4.78 is 0. The molecule has 0 unspecified atom stereocenters. The van der Waals surface area contributed by atoms with Crippen molar-refractivity contribution in [1.29, 1.82) is 0 Å². The average molecular weight is 307 g/mol. The third-order valence-corrected chi connectivity index (χ3v) is 3.57. The number of nitrogens with zero attached hydrogens (tertiary/aromatic N) is 2. The van der Waals surface area contributed by atoms with E-state index in [1.165, 1.54) is 23.9 Å². The molecule has 0 spiro atoms. The molecule has 0 bridgehead atoms. The molecule has 1 aromatic heterocycles. The SMILES string of the molecule is Cc1ccc2nc(NN=Cc3ccc(O)cc3O)cc(C)c2c1. The van der Waals surface area contributed by atoms with Crippen molar-refractivity contribution in [1.82, 2.24) is 4.98 Å². The van der Waals surface area contributed by atoms with Gasteiger partial charge in [-0.1, -0.05) is 11.6 Å². The van der Waals surface area contributed by atoms with E-state index in [1.54, 1.807) is 6.07 Å². The maximum atomic E-state index is 9.71. The lowest BCUT2D eigenvalue weighted by Crippen LogP contribution is -1.96. The number of benzene rings is 2. The topological polar surface area (TPSA) is 77.7 Å². The smallest absolute Gasteiger partial charge is 0.147 e. The molecule has 3 N–H and O–H groups in total. The lowest BCUT2D eigenvalue weighted by molar-refractivity contribution is 0.450. The van der Waals surface area contributed by atoms with Gasteiger partial charge >= 0.3 is 0 Å². The summed E-state index contributed by atoms with van der Waals surface area (Å²) in [6.45, 7) is 4.09. The van der Waals surface area contributed by atoms with Crippen molar-refractivity contribution < 1.29 is 10.2 Å². The van der Waals surface area contributed by atoms with Crippen LogP contribution in [0.1, 0.15) is 16.7 Å². The van der Waals surface area contributed by atoms with Gasteiger partial charge in [0.1, 0.15) is 17.3 Å². The zero-order chi connectivity index (χ0) is 16.4. The van der Waals surface area contributed by atoms with Gasteiger partial charge in [-0.05, 0) is 49.7 Å². The molecule has 5 heteroatoms. The van der Waals surface area contributed by atoms with Crippen LogP contribution in [-0.4, -0.2) is 21.4 Å². The van der Waals surface area contributed by atoms with Gasteiger partial charge in [0, 0.05) is 17.0 Å². The van der Waals surface area contributed by atoms with Crippen molar-refractivity contribution in [2.24, 2.45) is 5.10 Å². The van der Waals surface area contributed by atoms with Gasteiger partial charge in [-0.15, -0.1) is 0 Å². The van der Waals surface area contributed by atoms with E-state index in [-0.39, 0.29) is 11.5 Å². The van der Waals surface area contributed by atoms with Crippen LogP contribution >= 0.6 is 0 Å². The van der Waals surface area contributed by atoms with E-state index in [4.69, 9.17) is 0 Å². The molecule has 0 fully saturated rings. The van der Waals surface area contributed by atoms with Gasteiger partial charge < -0.3 is 10.2 Å². The number of phenolic OH excluding ortho intramolecular Hbond substituents is 2. The highest BCUT2D eigenvalue weighted by molar-refractivity contribution is 5.86. The molecule has 0 radical (unpaired) electrons. The van der Waals surface area contributed by atoms with Gasteiger partial charge in [0.05, 0.1) is 11.7 Å². The van der Waals surface area contributed by atoms with Gasteiger partial charge in [-0.3, -0.25) is 5.43 Å². The predicted octanol–water partition coefficient (Wildman–Crippen LogP) is 3.71. The Bertz CT molecular complexity index is 904. The number of phenols is 2. The molecule has 0 saturated heterocycles. The number of aromatic nitrogens is 1. The van der Waals surface area contributed by atoms with Gasteiger partial charge in [-0.2, -0.15) is 5.10 Å². The van der Waals surface area contributed by atoms with E-state index < -0.39 is 0 Å². The van der Waals surface area contributed by atoms with Crippen LogP contribution in [0.25, 0.3) is 10.9 Å². The Morgan fingerprint density at radius 3 is 2.65 bits per heavy atom. The zero-order valence-electron chi connectivity index (χ0n) is 12.9. The molecule has 0 aliphatic rings. The Morgan fingerprint density at radius 2 is 1.87 bits per heavy atom. The molecule has 0 amide bonds. The molecule has 0 aliphatic carbocycles. The Balaban J connectivity index is 1.84. The van der Waals surface area contributed by atoms with Gasteiger partial charge in [-0.25, -0.2) is 4.98 Å². The third-order valence-electron chi connectivity index (χ3n) is 3.57. The second-order valence-electron chi connectivity index (χ2n) is 5.46. The number of anilines is 1. The van der Waals surface area contributed by atoms with E-state index in [2.05, 4.69) is 28.5 Å². The monoisotopic (exact) mass is 307 g/mol. The summed E-state index contributed by atoms with van der Waals surface area (Å²) in [5.74, 6) is 0.608. The first kappa shape index (κ1) is 14.8. The van der Waals surface area contributed by atoms with E-state index in [1.807, 2.05) is 25.1 Å². The number of aryl methyl sites for hydroxylation is 2. The summed E-state index contributed by atoms with van der Waals surface area (Å²) >= 11 is 0. The minimum Gasteiger partial charge on any atom is -0.508 e.